The summed E-state index contributed by atoms with van der Waals surface area (Å²) in [6, 6.07) is 7.02. The molecule has 1 aliphatic rings. The van der Waals surface area contributed by atoms with E-state index in [-0.39, 0.29) is 24.3 Å². The Morgan fingerprint density at radius 2 is 1.84 bits per heavy atom. The fourth-order valence-electron chi connectivity index (χ4n) is 4.01. The van der Waals surface area contributed by atoms with Gasteiger partial charge in [0.25, 0.3) is 0 Å². The standard InChI is InChI=1S/C22H27N7O3/c1-15(30)26-19(16-4-6-17(32-3)7-5-16)12-20(31)28-8-10-29(11-9-28)22-18-13-25-27(2)21(18)23-14-24-22/h4-7,13-14,19H,8-12H2,1-3H3,(H,26,30). The van der Waals surface area contributed by atoms with Crippen molar-refractivity contribution in [3.05, 3.63) is 42.4 Å². The molecule has 1 fully saturated rings. The van der Waals surface area contributed by atoms with E-state index in [9.17, 15) is 9.59 Å². The van der Waals surface area contributed by atoms with Crippen LogP contribution in [0.5, 0.6) is 5.75 Å². The molecule has 2 aromatic heterocycles. The van der Waals surface area contributed by atoms with Crippen molar-refractivity contribution in [2.45, 2.75) is 19.4 Å². The molecule has 3 aromatic rings. The molecule has 1 N–H and O–H groups in total. The van der Waals surface area contributed by atoms with Gasteiger partial charge in [-0.1, -0.05) is 12.1 Å². The Labute approximate surface area is 186 Å². The average molecular weight is 438 g/mol. The molecule has 1 atom stereocenters. The van der Waals surface area contributed by atoms with Gasteiger partial charge in [0.15, 0.2) is 5.65 Å². The van der Waals surface area contributed by atoms with E-state index in [1.807, 2.05) is 36.2 Å². The lowest BCUT2D eigenvalue weighted by atomic mass is 10.0. The smallest absolute Gasteiger partial charge is 0.225 e. The van der Waals surface area contributed by atoms with Crippen molar-refractivity contribution in [3.63, 3.8) is 0 Å². The molecule has 32 heavy (non-hydrogen) atoms. The Hall–Kier alpha value is -3.69. The van der Waals surface area contributed by atoms with Crippen molar-refractivity contribution in [3.8, 4) is 5.75 Å². The van der Waals surface area contributed by atoms with E-state index in [0.29, 0.717) is 26.2 Å². The topological polar surface area (TPSA) is 105 Å². The van der Waals surface area contributed by atoms with Gasteiger partial charge in [0.1, 0.15) is 17.9 Å². The first-order valence-electron chi connectivity index (χ1n) is 10.5. The van der Waals surface area contributed by atoms with Gasteiger partial charge in [0.05, 0.1) is 31.2 Å². The van der Waals surface area contributed by atoms with Crippen LogP contribution in [0.25, 0.3) is 11.0 Å². The molecule has 1 saturated heterocycles. The van der Waals surface area contributed by atoms with Crippen LogP contribution < -0.4 is 15.0 Å². The van der Waals surface area contributed by atoms with Crippen LogP contribution in [0.4, 0.5) is 5.82 Å². The first-order chi connectivity index (χ1) is 15.5. The number of hydrogen-bond acceptors (Lipinski definition) is 7. The van der Waals surface area contributed by atoms with E-state index in [1.165, 1.54) is 6.92 Å². The second kappa shape index (κ2) is 9.21. The van der Waals surface area contributed by atoms with Gasteiger partial charge in [-0.05, 0) is 17.7 Å². The molecule has 0 saturated carbocycles. The van der Waals surface area contributed by atoms with E-state index in [2.05, 4.69) is 25.3 Å². The number of aryl methyl sites for hydroxylation is 1. The molecule has 3 heterocycles. The van der Waals surface area contributed by atoms with E-state index in [1.54, 1.807) is 24.3 Å². The molecular formula is C22H27N7O3. The van der Waals surface area contributed by atoms with Crippen molar-refractivity contribution in [1.29, 1.82) is 0 Å². The molecule has 0 bridgehead atoms. The number of nitrogens with one attached hydrogen (secondary N) is 1. The zero-order valence-electron chi connectivity index (χ0n) is 18.5. The summed E-state index contributed by atoms with van der Waals surface area (Å²) in [5, 5.41) is 8.07. The van der Waals surface area contributed by atoms with Crippen LogP contribution in [0.2, 0.25) is 0 Å². The van der Waals surface area contributed by atoms with Gasteiger partial charge < -0.3 is 19.9 Å². The summed E-state index contributed by atoms with van der Waals surface area (Å²) < 4.78 is 6.92. The summed E-state index contributed by atoms with van der Waals surface area (Å²) in [5.41, 5.74) is 1.65. The number of ether oxygens (including phenoxy) is 1. The maximum absolute atomic E-state index is 13.0. The number of piperazine rings is 1. The highest BCUT2D eigenvalue weighted by atomic mass is 16.5. The number of aromatic nitrogens is 4. The van der Waals surface area contributed by atoms with Crippen LogP contribution in [0.15, 0.2) is 36.8 Å². The third-order valence-corrected chi connectivity index (χ3v) is 5.71. The minimum atomic E-state index is -0.388. The van der Waals surface area contributed by atoms with Gasteiger partial charge in [-0.2, -0.15) is 5.10 Å². The second-order valence-corrected chi connectivity index (χ2v) is 7.80. The molecule has 0 radical (unpaired) electrons. The maximum atomic E-state index is 13.0. The summed E-state index contributed by atoms with van der Waals surface area (Å²) in [5.74, 6) is 1.40. The fourth-order valence-corrected chi connectivity index (χ4v) is 4.01. The number of rotatable bonds is 6. The van der Waals surface area contributed by atoms with Gasteiger partial charge in [-0.3, -0.25) is 14.3 Å². The maximum Gasteiger partial charge on any atom is 0.225 e. The normalized spacial score (nSPS) is 15.0. The summed E-state index contributed by atoms with van der Waals surface area (Å²) in [6.45, 7) is 3.96. The lowest BCUT2D eigenvalue weighted by molar-refractivity contribution is -0.132. The van der Waals surface area contributed by atoms with Gasteiger partial charge in [0.2, 0.25) is 11.8 Å². The Bertz CT molecular complexity index is 1100. The second-order valence-electron chi connectivity index (χ2n) is 7.80. The minimum Gasteiger partial charge on any atom is -0.497 e. The molecular weight excluding hydrogens is 410 g/mol. The Morgan fingerprint density at radius 1 is 1.12 bits per heavy atom. The molecule has 4 rings (SSSR count). The third-order valence-electron chi connectivity index (χ3n) is 5.71. The minimum absolute atomic E-state index is 0.00781. The number of amides is 2. The Morgan fingerprint density at radius 3 is 2.50 bits per heavy atom. The van der Waals surface area contributed by atoms with E-state index in [0.717, 1.165) is 28.2 Å². The summed E-state index contributed by atoms with van der Waals surface area (Å²) in [4.78, 5) is 37.5. The lowest BCUT2D eigenvalue weighted by Gasteiger charge is -2.36. The van der Waals surface area contributed by atoms with Crippen molar-refractivity contribution in [1.82, 2.24) is 30.0 Å². The summed E-state index contributed by atoms with van der Waals surface area (Å²) >= 11 is 0. The van der Waals surface area contributed by atoms with Gasteiger partial charge in [-0.25, -0.2) is 9.97 Å². The highest BCUT2D eigenvalue weighted by molar-refractivity contribution is 5.87. The van der Waals surface area contributed by atoms with Crippen molar-refractivity contribution >= 4 is 28.7 Å². The van der Waals surface area contributed by atoms with Crippen molar-refractivity contribution < 1.29 is 14.3 Å². The number of nitrogens with zero attached hydrogens (tertiary/aromatic N) is 6. The number of fused-ring (bicyclic) bond motifs is 1. The van der Waals surface area contributed by atoms with Gasteiger partial charge in [-0.15, -0.1) is 0 Å². The highest BCUT2D eigenvalue weighted by Gasteiger charge is 2.26. The number of anilines is 1. The van der Waals surface area contributed by atoms with E-state index >= 15 is 0 Å². The van der Waals surface area contributed by atoms with Gasteiger partial charge >= 0.3 is 0 Å². The first-order valence-corrected chi connectivity index (χ1v) is 10.5. The molecule has 168 valence electrons. The Balaban J connectivity index is 1.41. The molecule has 0 aliphatic carbocycles. The molecule has 1 aromatic carbocycles. The zero-order chi connectivity index (χ0) is 22.7. The van der Waals surface area contributed by atoms with Crippen LogP contribution in [0.3, 0.4) is 0 Å². The van der Waals surface area contributed by atoms with E-state index < -0.39 is 0 Å². The molecule has 10 nitrogen and oxygen atoms in total. The number of benzene rings is 1. The van der Waals surface area contributed by atoms with Crippen LogP contribution in [0, 0.1) is 0 Å². The SMILES string of the molecule is COc1ccc(C(CC(=O)N2CCN(c3ncnc4c3cnn4C)CC2)NC(C)=O)cc1. The summed E-state index contributed by atoms with van der Waals surface area (Å²) in [7, 11) is 3.45. The average Bonchev–Trinajstić information content (AvgIpc) is 3.19. The zero-order valence-corrected chi connectivity index (χ0v) is 18.5. The summed E-state index contributed by atoms with van der Waals surface area (Å²) in [6.07, 6.45) is 3.52. The number of carbonyl (C=O) groups excluding carboxylic acids is 2. The lowest BCUT2D eigenvalue weighted by Crippen LogP contribution is -2.49. The van der Waals surface area contributed by atoms with Crippen LogP contribution in [0.1, 0.15) is 24.9 Å². The molecule has 10 heteroatoms. The quantitative estimate of drug-likeness (QED) is 0.619. The Kier molecular flexibility index (Phi) is 6.20. The van der Waals surface area contributed by atoms with E-state index in [4.69, 9.17) is 4.74 Å². The van der Waals surface area contributed by atoms with Crippen molar-refractivity contribution in [2.75, 3.05) is 38.2 Å². The predicted octanol–water partition coefficient (Wildman–Crippen LogP) is 1.29. The monoisotopic (exact) mass is 437 g/mol. The molecule has 0 spiro atoms. The fraction of sp³-hybridized carbons (Fsp3) is 0.409. The van der Waals surface area contributed by atoms with Crippen LogP contribution in [-0.4, -0.2) is 69.8 Å². The molecule has 2 amide bonds. The third kappa shape index (κ3) is 4.48. The number of carbonyl (C=O) groups is 2. The molecule has 1 unspecified atom stereocenters. The van der Waals surface area contributed by atoms with Gasteiger partial charge in [0, 0.05) is 40.2 Å². The van der Waals surface area contributed by atoms with Crippen molar-refractivity contribution in [2.24, 2.45) is 7.05 Å². The number of methoxy groups -OCH3 is 1. The molecule has 1 aliphatic heterocycles. The van der Waals surface area contributed by atoms with Crippen LogP contribution >= 0.6 is 0 Å². The number of hydrogen-bond donors (Lipinski definition) is 1. The predicted molar refractivity (Wildman–Crippen MR) is 119 cm³/mol. The largest absolute Gasteiger partial charge is 0.497 e. The highest BCUT2D eigenvalue weighted by Crippen LogP contribution is 2.25. The first kappa shape index (κ1) is 21.5. The van der Waals surface area contributed by atoms with Crippen LogP contribution in [-0.2, 0) is 16.6 Å².